The molecule has 1 aromatic carbocycles. The second kappa shape index (κ2) is 6.34. The lowest BCUT2D eigenvalue weighted by atomic mass is 10.3. The van der Waals surface area contributed by atoms with Crippen LogP contribution in [0.4, 0.5) is 5.95 Å². The van der Waals surface area contributed by atoms with Crippen LogP contribution in [0.15, 0.2) is 33.2 Å². The molecular weight excluding hydrogens is 374 g/mol. The Morgan fingerprint density at radius 1 is 1.21 bits per heavy atom. The highest BCUT2D eigenvalue weighted by atomic mass is 79.9. The van der Waals surface area contributed by atoms with E-state index in [-0.39, 0.29) is 0 Å². The van der Waals surface area contributed by atoms with Gasteiger partial charge < -0.3 is 10.1 Å². The van der Waals surface area contributed by atoms with Gasteiger partial charge in [-0.1, -0.05) is 15.9 Å². The first kappa shape index (κ1) is 14.3. The minimum atomic E-state index is 0.520. The lowest BCUT2D eigenvalue weighted by Crippen LogP contribution is -2.04. The van der Waals surface area contributed by atoms with E-state index in [1.54, 1.807) is 6.07 Å². The molecule has 0 atom stereocenters. The van der Waals surface area contributed by atoms with Crippen molar-refractivity contribution < 1.29 is 4.74 Å². The fourth-order valence-corrected chi connectivity index (χ4v) is 2.63. The van der Waals surface area contributed by atoms with Gasteiger partial charge in [-0.3, -0.25) is 0 Å². The highest BCUT2D eigenvalue weighted by Gasteiger charge is 2.07. The van der Waals surface area contributed by atoms with Crippen LogP contribution in [-0.4, -0.2) is 16.5 Å². The molecule has 0 aliphatic heterocycles. The van der Waals surface area contributed by atoms with Crippen LogP contribution in [0.2, 0.25) is 0 Å². The number of nitrogens with one attached hydrogen (secondary N) is 1. The Morgan fingerprint density at radius 2 is 2.00 bits per heavy atom. The maximum Gasteiger partial charge on any atom is 0.226 e. The zero-order valence-corrected chi connectivity index (χ0v) is 13.7. The highest BCUT2D eigenvalue weighted by molar-refractivity contribution is 9.11. The summed E-state index contributed by atoms with van der Waals surface area (Å²) in [6, 6.07) is 7.52. The molecule has 4 nitrogen and oxygen atoms in total. The Labute approximate surface area is 128 Å². The van der Waals surface area contributed by atoms with Crippen molar-refractivity contribution in [3.8, 4) is 11.6 Å². The van der Waals surface area contributed by atoms with Gasteiger partial charge in [0.05, 0.1) is 4.47 Å². The molecule has 2 rings (SSSR count). The molecule has 100 valence electrons. The molecule has 0 aliphatic carbocycles. The van der Waals surface area contributed by atoms with E-state index in [1.807, 2.05) is 32.0 Å². The van der Waals surface area contributed by atoms with Crippen molar-refractivity contribution in [1.29, 1.82) is 0 Å². The van der Waals surface area contributed by atoms with E-state index in [0.29, 0.717) is 17.6 Å². The summed E-state index contributed by atoms with van der Waals surface area (Å²) in [4.78, 5) is 8.59. The molecule has 1 N–H and O–H groups in total. The molecule has 0 unspecified atom stereocenters. The molecule has 1 heterocycles. The Hall–Kier alpha value is -1.14. The second-order valence-corrected chi connectivity index (χ2v) is 5.65. The predicted molar refractivity (Wildman–Crippen MR) is 82.8 cm³/mol. The second-order valence-electron chi connectivity index (χ2n) is 3.88. The Balaban J connectivity index is 2.27. The SMILES string of the molecule is CCNc1nc(C)cc(Oc2ccc(Br)cc2Br)n1. The van der Waals surface area contributed by atoms with Crippen molar-refractivity contribution in [2.24, 2.45) is 0 Å². The standard InChI is InChI=1S/C13H13Br2N3O/c1-3-16-13-17-8(2)6-12(18-13)19-11-5-4-9(14)7-10(11)15/h4-7H,3H2,1-2H3,(H,16,17,18). The Kier molecular flexibility index (Phi) is 4.76. The van der Waals surface area contributed by atoms with E-state index in [4.69, 9.17) is 4.74 Å². The normalized spacial score (nSPS) is 10.3. The minimum Gasteiger partial charge on any atom is -0.438 e. The maximum absolute atomic E-state index is 5.77. The number of rotatable bonds is 4. The van der Waals surface area contributed by atoms with Gasteiger partial charge >= 0.3 is 0 Å². The van der Waals surface area contributed by atoms with Crippen molar-refractivity contribution in [3.05, 3.63) is 38.9 Å². The fraction of sp³-hybridized carbons (Fsp3) is 0.231. The predicted octanol–water partition coefficient (Wildman–Crippen LogP) is 4.53. The van der Waals surface area contributed by atoms with Crippen LogP contribution in [0.3, 0.4) is 0 Å². The summed E-state index contributed by atoms with van der Waals surface area (Å²) in [6.45, 7) is 4.68. The molecular formula is C13H13Br2N3O. The molecule has 0 saturated carbocycles. The van der Waals surface area contributed by atoms with Crippen LogP contribution in [0.5, 0.6) is 11.6 Å². The van der Waals surface area contributed by atoms with Crippen LogP contribution in [0, 0.1) is 6.92 Å². The van der Waals surface area contributed by atoms with Gasteiger partial charge in [-0.2, -0.15) is 4.98 Å². The van der Waals surface area contributed by atoms with Gasteiger partial charge in [0.2, 0.25) is 11.8 Å². The molecule has 2 aromatic rings. The van der Waals surface area contributed by atoms with Crippen LogP contribution in [0.25, 0.3) is 0 Å². The van der Waals surface area contributed by atoms with Crippen molar-refractivity contribution >= 4 is 37.8 Å². The highest BCUT2D eigenvalue weighted by Crippen LogP contribution is 2.31. The number of anilines is 1. The lowest BCUT2D eigenvalue weighted by Gasteiger charge is -2.09. The van der Waals surface area contributed by atoms with Crippen LogP contribution < -0.4 is 10.1 Å². The number of halogens is 2. The molecule has 0 spiro atoms. The third-order valence-electron chi connectivity index (χ3n) is 2.27. The zero-order valence-electron chi connectivity index (χ0n) is 10.6. The van der Waals surface area contributed by atoms with E-state index in [2.05, 4.69) is 47.1 Å². The lowest BCUT2D eigenvalue weighted by molar-refractivity contribution is 0.458. The molecule has 19 heavy (non-hydrogen) atoms. The topological polar surface area (TPSA) is 47.0 Å². The van der Waals surface area contributed by atoms with Gasteiger partial charge in [-0.15, -0.1) is 0 Å². The number of hydrogen-bond donors (Lipinski definition) is 1. The monoisotopic (exact) mass is 385 g/mol. The van der Waals surface area contributed by atoms with Gasteiger partial charge in [0.15, 0.2) is 0 Å². The molecule has 0 bridgehead atoms. The smallest absolute Gasteiger partial charge is 0.226 e. The number of ether oxygens (including phenoxy) is 1. The van der Waals surface area contributed by atoms with Crippen molar-refractivity contribution in [2.45, 2.75) is 13.8 Å². The average Bonchev–Trinajstić information content (AvgIpc) is 2.32. The van der Waals surface area contributed by atoms with Crippen LogP contribution in [-0.2, 0) is 0 Å². The molecule has 0 fully saturated rings. The van der Waals surface area contributed by atoms with Gasteiger partial charge in [0.1, 0.15) is 5.75 Å². The Bertz CT molecular complexity index is 590. The zero-order chi connectivity index (χ0) is 13.8. The van der Waals surface area contributed by atoms with Crippen molar-refractivity contribution in [3.63, 3.8) is 0 Å². The summed E-state index contributed by atoms with van der Waals surface area (Å²) in [5, 5.41) is 3.08. The van der Waals surface area contributed by atoms with Gasteiger partial charge in [0.25, 0.3) is 0 Å². The van der Waals surface area contributed by atoms with E-state index < -0.39 is 0 Å². The van der Waals surface area contributed by atoms with Crippen LogP contribution >= 0.6 is 31.9 Å². The Morgan fingerprint density at radius 3 is 2.68 bits per heavy atom. The fourth-order valence-electron chi connectivity index (χ4n) is 1.50. The summed E-state index contributed by atoms with van der Waals surface area (Å²) >= 11 is 6.86. The molecule has 6 heteroatoms. The van der Waals surface area contributed by atoms with E-state index in [0.717, 1.165) is 21.2 Å². The summed E-state index contributed by atoms with van der Waals surface area (Å²) < 4.78 is 7.62. The first-order valence-electron chi connectivity index (χ1n) is 5.81. The summed E-state index contributed by atoms with van der Waals surface area (Å²) in [5.41, 5.74) is 0.856. The summed E-state index contributed by atoms with van der Waals surface area (Å²) in [7, 11) is 0. The quantitative estimate of drug-likeness (QED) is 0.838. The van der Waals surface area contributed by atoms with E-state index in [9.17, 15) is 0 Å². The molecule has 0 amide bonds. The third kappa shape index (κ3) is 3.91. The largest absolute Gasteiger partial charge is 0.438 e. The average molecular weight is 387 g/mol. The maximum atomic E-state index is 5.77. The van der Waals surface area contributed by atoms with Gasteiger partial charge in [0, 0.05) is 22.8 Å². The summed E-state index contributed by atoms with van der Waals surface area (Å²) in [5.74, 6) is 1.81. The molecule has 0 saturated heterocycles. The number of hydrogen-bond acceptors (Lipinski definition) is 4. The first-order chi connectivity index (χ1) is 9.08. The van der Waals surface area contributed by atoms with Gasteiger partial charge in [-0.05, 0) is 48.0 Å². The van der Waals surface area contributed by atoms with E-state index >= 15 is 0 Å². The van der Waals surface area contributed by atoms with E-state index in [1.165, 1.54) is 0 Å². The summed E-state index contributed by atoms with van der Waals surface area (Å²) in [6.07, 6.45) is 0. The van der Waals surface area contributed by atoms with Crippen molar-refractivity contribution in [2.75, 3.05) is 11.9 Å². The van der Waals surface area contributed by atoms with Crippen LogP contribution in [0.1, 0.15) is 12.6 Å². The number of nitrogens with zero attached hydrogens (tertiary/aromatic N) is 2. The first-order valence-corrected chi connectivity index (χ1v) is 7.39. The third-order valence-corrected chi connectivity index (χ3v) is 3.39. The minimum absolute atomic E-state index is 0.520. The number of benzene rings is 1. The molecule has 0 aliphatic rings. The van der Waals surface area contributed by atoms with Gasteiger partial charge in [-0.25, -0.2) is 4.98 Å². The number of aromatic nitrogens is 2. The molecule has 1 aromatic heterocycles. The number of aryl methyl sites for hydroxylation is 1. The molecule has 0 radical (unpaired) electrons. The van der Waals surface area contributed by atoms with Crippen molar-refractivity contribution in [1.82, 2.24) is 9.97 Å².